The Labute approximate surface area is 243 Å². The fourth-order valence-electron chi connectivity index (χ4n) is 3.63. The Morgan fingerprint density at radius 3 is 2.60 bits per heavy atom. The zero-order valence-corrected chi connectivity index (χ0v) is 25.2. The molecule has 1 aliphatic rings. The van der Waals surface area contributed by atoms with Gasteiger partial charge in [-0.05, 0) is 50.1 Å². The second kappa shape index (κ2) is 16.9. The molecule has 0 saturated heterocycles. The number of rotatable bonds is 8. The molecule has 2 bridgehead atoms. The summed E-state index contributed by atoms with van der Waals surface area (Å²) in [5.41, 5.74) is 0.515. The summed E-state index contributed by atoms with van der Waals surface area (Å²) in [5.74, 6) is -2.11. The Bertz CT molecular complexity index is 1150. The van der Waals surface area contributed by atoms with Crippen molar-refractivity contribution in [2.24, 2.45) is 5.92 Å². The molecule has 0 saturated carbocycles. The minimum atomic E-state index is -1.03. The van der Waals surface area contributed by atoms with E-state index >= 15 is 0 Å². The van der Waals surface area contributed by atoms with Crippen molar-refractivity contribution in [1.29, 1.82) is 0 Å². The van der Waals surface area contributed by atoms with Gasteiger partial charge < -0.3 is 20.7 Å². The standard InChI is InChI=1S/C28H38N4O6S2/c1-6-10-24(34)40-12-9-8-11-19-14-23(33)29-16-18-13-20(39-5)15-22(30-18)27(36)31-21(7-2)26(35)32-25(17(3)4)28(37)38-19/h7-8,11,13,15,17,19,25H,6,9-10,12,14,16H2,1-5H3,(H,29,33)(H,31,36)(H,32,35)/b11-8+,21-7-/t19-,25+/m1/s1. The number of ether oxygens (including phenoxy) is 1. The topological polar surface area (TPSA) is 144 Å². The number of hydrogen-bond acceptors (Lipinski definition) is 9. The first-order valence-corrected chi connectivity index (χ1v) is 15.4. The van der Waals surface area contributed by atoms with Gasteiger partial charge in [-0.3, -0.25) is 19.2 Å². The average Bonchev–Trinajstić information content (AvgIpc) is 2.92. The summed E-state index contributed by atoms with van der Waals surface area (Å²) in [6.07, 6.45) is 7.52. The summed E-state index contributed by atoms with van der Waals surface area (Å²) in [6, 6.07) is 2.33. The van der Waals surface area contributed by atoms with Crippen LogP contribution >= 0.6 is 23.5 Å². The predicted molar refractivity (Wildman–Crippen MR) is 156 cm³/mol. The van der Waals surface area contributed by atoms with E-state index in [-0.39, 0.29) is 41.3 Å². The van der Waals surface area contributed by atoms with E-state index in [0.29, 0.717) is 24.3 Å². The molecular weight excluding hydrogens is 552 g/mol. The molecular formula is C28H38N4O6S2. The van der Waals surface area contributed by atoms with Crippen molar-refractivity contribution in [1.82, 2.24) is 20.9 Å². The highest BCUT2D eigenvalue weighted by Crippen LogP contribution is 2.18. The number of fused-ring (bicyclic) bond motifs is 2. The third-order valence-corrected chi connectivity index (χ3v) is 7.46. The van der Waals surface area contributed by atoms with Crippen molar-refractivity contribution in [3.63, 3.8) is 0 Å². The van der Waals surface area contributed by atoms with Gasteiger partial charge in [-0.2, -0.15) is 0 Å². The van der Waals surface area contributed by atoms with Crippen molar-refractivity contribution in [2.75, 3.05) is 12.0 Å². The number of esters is 1. The third-order valence-electron chi connectivity index (χ3n) is 5.78. The smallest absolute Gasteiger partial charge is 0.329 e. The van der Waals surface area contributed by atoms with E-state index in [1.807, 2.05) is 13.2 Å². The molecule has 0 aromatic carbocycles. The number of thioether (sulfide) groups is 2. The summed E-state index contributed by atoms with van der Waals surface area (Å²) in [5, 5.41) is 8.12. The Balaban J connectivity index is 2.34. The molecule has 3 N–H and O–H groups in total. The van der Waals surface area contributed by atoms with Crippen LogP contribution in [-0.2, 0) is 30.5 Å². The molecule has 0 spiro atoms. The molecule has 0 unspecified atom stereocenters. The maximum Gasteiger partial charge on any atom is 0.329 e. The molecule has 12 heteroatoms. The summed E-state index contributed by atoms with van der Waals surface area (Å²) < 4.78 is 5.68. The minimum Gasteiger partial charge on any atom is -0.456 e. The third kappa shape index (κ3) is 10.8. The monoisotopic (exact) mass is 590 g/mol. The highest BCUT2D eigenvalue weighted by Gasteiger charge is 2.30. The van der Waals surface area contributed by atoms with Crippen LogP contribution in [0, 0.1) is 5.92 Å². The highest BCUT2D eigenvalue weighted by molar-refractivity contribution is 8.13. The van der Waals surface area contributed by atoms with Crippen LogP contribution in [-0.4, -0.2) is 57.9 Å². The Morgan fingerprint density at radius 2 is 1.95 bits per heavy atom. The largest absolute Gasteiger partial charge is 0.456 e. The lowest BCUT2D eigenvalue weighted by atomic mass is 10.0. The Morgan fingerprint density at radius 1 is 1.20 bits per heavy atom. The van der Waals surface area contributed by atoms with E-state index in [1.165, 1.54) is 29.6 Å². The van der Waals surface area contributed by atoms with E-state index in [2.05, 4.69) is 20.9 Å². The maximum atomic E-state index is 13.2. The van der Waals surface area contributed by atoms with E-state index in [1.54, 1.807) is 45.1 Å². The molecule has 2 atom stereocenters. The van der Waals surface area contributed by atoms with E-state index in [0.717, 1.165) is 11.3 Å². The maximum absolute atomic E-state index is 13.2. The number of hydrogen-bond donors (Lipinski definition) is 3. The van der Waals surface area contributed by atoms with Gasteiger partial charge in [0, 0.05) is 17.1 Å². The lowest BCUT2D eigenvalue weighted by Crippen LogP contribution is -2.48. The molecule has 1 aromatic heterocycles. The van der Waals surface area contributed by atoms with Crippen LogP contribution in [0.1, 0.15) is 69.6 Å². The summed E-state index contributed by atoms with van der Waals surface area (Å²) in [4.78, 5) is 68.8. The first-order chi connectivity index (χ1) is 19.1. The van der Waals surface area contributed by atoms with Crippen molar-refractivity contribution >= 4 is 52.3 Å². The SMILES string of the molecule is C/C=C1\NC(=O)c2cc(SC)cc(n2)CNC(=O)C[C@@H](/C=C/CCSC(=O)CCC)OC(=O)[C@H](C(C)C)NC1=O. The van der Waals surface area contributed by atoms with Gasteiger partial charge in [0.15, 0.2) is 5.12 Å². The fraction of sp³-hybridized carbons (Fsp3) is 0.500. The van der Waals surface area contributed by atoms with Gasteiger partial charge >= 0.3 is 5.97 Å². The van der Waals surface area contributed by atoms with E-state index in [4.69, 9.17) is 4.74 Å². The van der Waals surface area contributed by atoms with E-state index in [9.17, 15) is 24.0 Å². The summed E-state index contributed by atoms with van der Waals surface area (Å²) in [6.45, 7) is 7.10. The zero-order chi connectivity index (χ0) is 29.7. The average molecular weight is 591 g/mol. The molecule has 1 aromatic rings. The minimum absolute atomic E-state index is 0.0340. The number of carbonyl (C=O) groups excluding carboxylic acids is 5. The number of aromatic nitrogens is 1. The first-order valence-electron chi connectivity index (χ1n) is 13.2. The molecule has 3 amide bonds. The van der Waals surface area contributed by atoms with Crippen LogP contribution in [0.15, 0.2) is 41.0 Å². The van der Waals surface area contributed by atoms with Gasteiger partial charge in [-0.15, -0.1) is 11.8 Å². The van der Waals surface area contributed by atoms with Gasteiger partial charge in [0.1, 0.15) is 23.5 Å². The van der Waals surface area contributed by atoms with Gasteiger partial charge in [0.05, 0.1) is 18.7 Å². The molecule has 1 aliphatic heterocycles. The summed E-state index contributed by atoms with van der Waals surface area (Å²) >= 11 is 2.66. The molecule has 0 radical (unpaired) electrons. The van der Waals surface area contributed by atoms with Crippen LogP contribution in [0.3, 0.4) is 0 Å². The van der Waals surface area contributed by atoms with Crippen LogP contribution < -0.4 is 16.0 Å². The lowest BCUT2D eigenvalue weighted by molar-refractivity contribution is -0.153. The van der Waals surface area contributed by atoms with Crippen LogP contribution in [0.5, 0.6) is 0 Å². The number of nitrogens with zero attached hydrogens (tertiary/aromatic N) is 1. The molecule has 218 valence electrons. The second-order valence-corrected chi connectivity index (χ2v) is 11.4. The number of amides is 3. The van der Waals surface area contributed by atoms with E-state index < -0.39 is 29.9 Å². The normalized spacial score (nSPS) is 20.3. The van der Waals surface area contributed by atoms with Crippen molar-refractivity contribution < 1.29 is 28.7 Å². The van der Waals surface area contributed by atoms with Crippen LogP contribution in [0.25, 0.3) is 0 Å². The van der Waals surface area contributed by atoms with Crippen molar-refractivity contribution in [3.8, 4) is 0 Å². The Hall–Kier alpha value is -3.12. The van der Waals surface area contributed by atoms with Crippen molar-refractivity contribution in [3.05, 3.63) is 47.4 Å². The number of nitrogens with one attached hydrogen (secondary N) is 3. The highest BCUT2D eigenvalue weighted by atomic mass is 32.2. The Kier molecular flexibility index (Phi) is 13.9. The van der Waals surface area contributed by atoms with Crippen LogP contribution in [0.2, 0.25) is 0 Å². The number of carbonyl (C=O) groups is 5. The first kappa shape index (κ1) is 33.1. The molecule has 10 nitrogen and oxygen atoms in total. The molecule has 0 fully saturated rings. The lowest BCUT2D eigenvalue weighted by Gasteiger charge is -2.24. The number of allylic oxidation sites excluding steroid dienone is 2. The zero-order valence-electron chi connectivity index (χ0n) is 23.6. The van der Waals surface area contributed by atoms with Crippen molar-refractivity contribution in [2.45, 2.75) is 77.0 Å². The van der Waals surface area contributed by atoms with Gasteiger partial charge in [-0.25, -0.2) is 9.78 Å². The van der Waals surface area contributed by atoms with Gasteiger partial charge in [-0.1, -0.05) is 44.7 Å². The molecule has 40 heavy (non-hydrogen) atoms. The second-order valence-electron chi connectivity index (χ2n) is 9.38. The summed E-state index contributed by atoms with van der Waals surface area (Å²) in [7, 11) is 0. The molecule has 0 aliphatic carbocycles. The number of cyclic esters (lactones) is 1. The van der Waals surface area contributed by atoms with Crippen LogP contribution in [0.4, 0.5) is 0 Å². The molecule has 2 rings (SSSR count). The van der Waals surface area contributed by atoms with Gasteiger partial charge in [0.25, 0.3) is 11.8 Å². The predicted octanol–water partition coefficient (Wildman–Crippen LogP) is 3.52. The van der Waals surface area contributed by atoms with Gasteiger partial charge in [0.2, 0.25) is 5.91 Å². The fourth-order valence-corrected chi connectivity index (χ4v) is 4.94. The quantitative estimate of drug-likeness (QED) is 0.136. The molecule has 2 heterocycles. The number of pyridine rings is 1.